The quantitative estimate of drug-likeness (QED) is 0.691. The Balaban J connectivity index is 2.46. The summed E-state index contributed by atoms with van der Waals surface area (Å²) in [5.74, 6) is -0.241. The van der Waals surface area contributed by atoms with E-state index >= 15 is 0 Å². The average molecular weight is 262 g/mol. The van der Waals surface area contributed by atoms with Gasteiger partial charge in [0.05, 0.1) is 6.54 Å². The molecule has 0 atom stereocenters. The lowest BCUT2D eigenvalue weighted by atomic mass is 10.1. The van der Waals surface area contributed by atoms with Crippen molar-refractivity contribution in [1.82, 2.24) is 4.90 Å². The molecule has 0 aromatic heterocycles. The van der Waals surface area contributed by atoms with Crippen LogP contribution in [0.3, 0.4) is 0 Å². The zero-order chi connectivity index (χ0) is 14.1. The van der Waals surface area contributed by atoms with Crippen molar-refractivity contribution in [2.24, 2.45) is 5.73 Å². The molecule has 0 aliphatic carbocycles. The zero-order valence-corrected chi connectivity index (χ0v) is 11.5. The van der Waals surface area contributed by atoms with E-state index in [0.717, 1.165) is 24.9 Å². The number of amides is 1. The molecule has 1 rings (SSSR count). The van der Waals surface area contributed by atoms with E-state index in [4.69, 9.17) is 5.73 Å². The molecule has 0 aliphatic heterocycles. The summed E-state index contributed by atoms with van der Waals surface area (Å²) in [7, 11) is 0. The van der Waals surface area contributed by atoms with Crippen LogP contribution in [0.5, 0.6) is 0 Å². The van der Waals surface area contributed by atoms with Crippen LogP contribution in [0.15, 0.2) is 30.3 Å². The van der Waals surface area contributed by atoms with Crippen LogP contribution in [0.1, 0.15) is 36.5 Å². The average Bonchev–Trinajstić information content (AvgIpc) is 2.42. The summed E-state index contributed by atoms with van der Waals surface area (Å²) < 4.78 is 0. The molecule has 1 amide bonds. The third-order valence-corrected chi connectivity index (χ3v) is 2.96. The van der Waals surface area contributed by atoms with E-state index in [2.05, 4.69) is 6.92 Å². The van der Waals surface area contributed by atoms with Crippen LogP contribution in [-0.4, -0.2) is 36.2 Å². The van der Waals surface area contributed by atoms with Gasteiger partial charge >= 0.3 is 0 Å². The molecular formula is C15H22N2O2. The predicted octanol–water partition coefficient (Wildman–Crippen LogP) is 1.85. The second-order valence-corrected chi connectivity index (χ2v) is 4.64. The van der Waals surface area contributed by atoms with Gasteiger partial charge in [-0.15, -0.1) is 0 Å². The first-order valence-corrected chi connectivity index (χ1v) is 6.72. The molecule has 0 bridgehead atoms. The van der Waals surface area contributed by atoms with Gasteiger partial charge in [-0.1, -0.05) is 43.7 Å². The molecule has 0 radical (unpaired) electrons. The van der Waals surface area contributed by atoms with Crippen LogP contribution in [0, 0.1) is 0 Å². The Hall–Kier alpha value is -1.68. The molecule has 19 heavy (non-hydrogen) atoms. The number of hydrogen-bond donors (Lipinski definition) is 1. The minimum absolute atomic E-state index is 0.103. The van der Waals surface area contributed by atoms with E-state index in [9.17, 15) is 9.59 Å². The molecule has 1 aromatic rings. The van der Waals surface area contributed by atoms with Crippen molar-refractivity contribution >= 4 is 11.7 Å². The minimum Gasteiger partial charge on any atom is -0.369 e. The Morgan fingerprint density at radius 3 is 2.42 bits per heavy atom. The van der Waals surface area contributed by atoms with E-state index < -0.39 is 0 Å². The molecule has 0 spiro atoms. The molecule has 4 nitrogen and oxygen atoms in total. The summed E-state index contributed by atoms with van der Waals surface area (Å²) in [5, 5.41) is 0. The molecular weight excluding hydrogens is 240 g/mol. The Morgan fingerprint density at radius 2 is 1.84 bits per heavy atom. The van der Waals surface area contributed by atoms with Gasteiger partial charge in [-0.05, 0) is 13.0 Å². The Bertz CT molecular complexity index is 404. The highest BCUT2D eigenvalue weighted by Gasteiger charge is 2.11. The summed E-state index contributed by atoms with van der Waals surface area (Å²) in [6.07, 6.45) is 2.48. The highest BCUT2D eigenvalue weighted by molar-refractivity contribution is 5.96. The predicted molar refractivity (Wildman–Crippen MR) is 75.9 cm³/mol. The molecule has 0 unspecified atom stereocenters. The molecule has 2 N–H and O–H groups in total. The fourth-order valence-corrected chi connectivity index (χ4v) is 1.90. The highest BCUT2D eigenvalue weighted by Crippen LogP contribution is 2.05. The number of Topliss-reactive ketones (excluding diaryl/α,β-unsaturated/α-hetero) is 1. The maximum atomic E-state index is 12.0. The van der Waals surface area contributed by atoms with Gasteiger partial charge in [-0.3, -0.25) is 14.5 Å². The SMILES string of the molecule is CCCCN(CCC(=O)c1ccccc1)CC(N)=O. The first kappa shape index (κ1) is 15.4. The monoisotopic (exact) mass is 262 g/mol. The van der Waals surface area contributed by atoms with Gasteiger partial charge in [0.25, 0.3) is 0 Å². The summed E-state index contributed by atoms with van der Waals surface area (Å²) in [5.41, 5.74) is 5.94. The van der Waals surface area contributed by atoms with E-state index in [1.54, 1.807) is 0 Å². The fourth-order valence-electron chi connectivity index (χ4n) is 1.90. The summed E-state index contributed by atoms with van der Waals surface area (Å²) in [6.45, 7) is 3.71. The van der Waals surface area contributed by atoms with E-state index in [-0.39, 0.29) is 18.2 Å². The summed E-state index contributed by atoms with van der Waals surface area (Å²) in [4.78, 5) is 24.9. The van der Waals surface area contributed by atoms with Crippen LogP contribution in [0.25, 0.3) is 0 Å². The Kier molecular flexibility index (Phi) is 6.82. The van der Waals surface area contributed by atoms with Gasteiger partial charge in [0, 0.05) is 18.5 Å². The number of nitrogens with zero attached hydrogens (tertiary/aromatic N) is 1. The van der Waals surface area contributed by atoms with Crippen molar-refractivity contribution < 1.29 is 9.59 Å². The molecule has 0 saturated heterocycles. The number of unbranched alkanes of at least 4 members (excludes halogenated alkanes) is 1. The number of ketones is 1. The number of nitrogens with two attached hydrogens (primary N) is 1. The van der Waals surface area contributed by atoms with Crippen LogP contribution in [0.2, 0.25) is 0 Å². The van der Waals surface area contributed by atoms with Crippen molar-refractivity contribution in [3.05, 3.63) is 35.9 Å². The van der Waals surface area contributed by atoms with Crippen molar-refractivity contribution in [2.75, 3.05) is 19.6 Å². The number of primary amides is 1. The standard InChI is InChI=1S/C15H22N2O2/c1-2-3-10-17(12-15(16)19)11-9-14(18)13-7-5-4-6-8-13/h4-8H,2-3,9-12H2,1H3,(H2,16,19). The van der Waals surface area contributed by atoms with Crippen LogP contribution in [0.4, 0.5) is 0 Å². The smallest absolute Gasteiger partial charge is 0.231 e. The summed E-state index contributed by atoms with van der Waals surface area (Å²) >= 11 is 0. The van der Waals surface area contributed by atoms with Crippen molar-refractivity contribution in [3.8, 4) is 0 Å². The second-order valence-electron chi connectivity index (χ2n) is 4.64. The van der Waals surface area contributed by atoms with Crippen LogP contribution < -0.4 is 5.73 Å². The molecule has 0 heterocycles. The van der Waals surface area contributed by atoms with E-state index in [0.29, 0.717) is 13.0 Å². The topological polar surface area (TPSA) is 63.4 Å². The summed E-state index contributed by atoms with van der Waals surface area (Å²) in [6, 6.07) is 9.22. The molecule has 1 aromatic carbocycles. The molecule has 0 aliphatic rings. The first-order valence-electron chi connectivity index (χ1n) is 6.72. The fraction of sp³-hybridized carbons (Fsp3) is 0.467. The number of rotatable bonds is 9. The lowest BCUT2D eigenvalue weighted by molar-refractivity contribution is -0.119. The highest BCUT2D eigenvalue weighted by atomic mass is 16.1. The minimum atomic E-state index is -0.344. The van der Waals surface area contributed by atoms with Crippen molar-refractivity contribution in [3.63, 3.8) is 0 Å². The van der Waals surface area contributed by atoms with E-state index in [1.807, 2.05) is 35.2 Å². The van der Waals surface area contributed by atoms with Gasteiger partial charge in [0.15, 0.2) is 5.78 Å². The maximum Gasteiger partial charge on any atom is 0.231 e. The number of benzene rings is 1. The first-order chi connectivity index (χ1) is 9.13. The van der Waals surface area contributed by atoms with Crippen molar-refractivity contribution in [1.29, 1.82) is 0 Å². The number of hydrogen-bond acceptors (Lipinski definition) is 3. The maximum absolute atomic E-state index is 12.0. The van der Waals surface area contributed by atoms with Gasteiger partial charge in [-0.2, -0.15) is 0 Å². The molecule has 0 saturated carbocycles. The normalized spacial score (nSPS) is 10.6. The van der Waals surface area contributed by atoms with Gasteiger partial charge in [-0.25, -0.2) is 0 Å². The number of carbonyl (C=O) groups is 2. The molecule has 0 fully saturated rings. The second kappa shape index (κ2) is 8.43. The molecule has 104 valence electrons. The zero-order valence-electron chi connectivity index (χ0n) is 11.5. The largest absolute Gasteiger partial charge is 0.369 e. The third-order valence-electron chi connectivity index (χ3n) is 2.96. The lowest BCUT2D eigenvalue weighted by Gasteiger charge is -2.19. The van der Waals surface area contributed by atoms with Gasteiger partial charge in [0.2, 0.25) is 5.91 Å². The lowest BCUT2D eigenvalue weighted by Crippen LogP contribution is -2.35. The van der Waals surface area contributed by atoms with Gasteiger partial charge in [0.1, 0.15) is 0 Å². The Morgan fingerprint density at radius 1 is 1.16 bits per heavy atom. The van der Waals surface area contributed by atoms with Gasteiger partial charge < -0.3 is 5.73 Å². The van der Waals surface area contributed by atoms with Crippen molar-refractivity contribution in [2.45, 2.75) is 26.2 Å². The van der Waals surface area contributed by atoms with E-state index in [1.165, 1.54) is 0 Å². The molecule has 4 heteroatoms. The Labute approximate surface area is 114 Å². The van der Waals surface area contributed by atoms with Crippen LogP contribution in [-0.2, 0) is 4.79 Å². The van der Waals surface area contributed by atoms with Crippen LogP contribution >= 0.6 is 0 Å². The third kappa shape index (κ3) is 6.15. The number of carbonyl (C=O) groups excluding carboxylic acids is 2.